The lowest BCUT2D eigenvalue weighted by Gasteiger charge is -2.29. The van der Waals surface area contributed by atoms with Crippen molar-refractivity contribution in [3.63, 3.8) is 0 Å². The van der Waals surface area contributed by atoms with Gasteiger partial charge in [0.2, 0.25) is 17.4 Å². The summed E-state index contributed by atoms with van der Waals surface area (Å²) in [5.74, 6) is -11.5. The predicted octanol–water partition coefficient (Wildman–Crippen LogP) is 24.7. The number of carbonyl (C=O) groups is 7. The second kappa shape index (κ2) is 48.4. The normalized spacial score (nSPS) is 20.2. The zero-order chi connectivity index (χ0) is 104. The third-order valence-electron chi connectivity index (χ3n) is 28.9. The molecule has 0 spiro atoms. The van der Waals surface area contributed by atoms with Crippen LogP contribution in [0.5, 0.6) is 11.5 Å². The highest BCUT2D eigenvalue weighted by atomic mass is 32.2. The number of ether oxygens (including phenoxy) is 7. The molecule has 5 aliphatic carbocycles. The van der Waals surface area contributed by atoms with Gasteiger partial charge >= 0.3 is 41.8 Å². The number of halogens is 4. The number of aromatic hydroxyl groups is 1. The molecular weight excluding hydrogens is 1910 g/mol. The number of sulfone groups is 1. The fraction of sp³-hybridized carbons (Fsp3) is 0.412. The van der Waals surface area contributed by atoms with Crippen LogP contribution < -0.4 is 4.74 Å². The van der Waals surface area contributed by atoms with Gasteiger partial charge in [0.15, 0.2) is 57.1 Å². The van der Waals surface area contributed by atoms with Crippen LogP contribution in [0.1, 0.15) is 241 Å². The molecule has 7 fully saturated rings. The second-order valence-corrected chi connectivity index (χ2v) is 46.3. The average Bonchev–Trinajstić information content (AvgIpc) is 1.57. The molecule has 0 amide bonds. The van der Waals surface area contributed by atoms with Gasteiger partial charge < -0.3 is 47.9 Å². The van der Waals surface area contributed by atoms with Crippen molar-refractivity contribution >= 4 is 103 Å². The molecule has 2 aliphatic heterocycles. The van der Waals surface area contributed by atoms with Gasteiger partial charge in [-0.05, 0) is 285 Å². The summed E-state index contributed by atoms with van der Waals surface area (Å²) < 4.78 is 151. The van der Waals surface area contributed by atoms with E-state index >= 15 is 0 Å². The van der Waals surface area contributed by atoms with E-state index in [0.717, 1.165) is 87.5 Å². The molecule has 10 aromatic carbocycles. The number of esters is 7. The minimum absolute atomic E-state index is 0.00636. The molecule has 29 heteroatoms. The van der Waals surface area contributed by atoms with Crippen LogP contribution in [0.15, 0.2) is 255 Å². The van der Waals surface area contributed by atoms with Gasteiger partial charge in [-0.2, -0.15) is 8.78 Å². The maximum atomic E-state index is 13.9. The predicted molar refractivity (Wildman–Crippen MR) is 542 cm³/mol. The van der Waals surface area contributed by atoms with E-state index in [9.17, 15) is 72.5 Å². The highest BCUT2D eigenvalue weighted by molar-refractivity contribution is 7.97. The van der Waals surface area contributed by atoms with Crippen molar-refractivity contribution in [2.75, 3.05) is 19.5 Å². The number of hydrogen-bond donors (Lipinski definition) is 2. The van der Waals surface area contributed by atoms with E-state index < -0.39 is 82.6 Å². The van der Waals surface area contributed by atoms with Gasteiger partial charge in [0.05, 0.1) is 49.6 Å². The molecule has 5 saturated carbocycles. The van der Waals surface area contributed by atoms with E-state index in [1.54, 1.807) is 50.2 Å². The molecule has 18 rings (SSSR count). The van der Waals surface area contributed by atoms with Crippen molar-refractivity contribution in [2.45, 2.75) is 259 Å². The molecular formula is C114H129F4O21S4+. The summed E-state index contributed by atoms with van der Waals surface area (Å²) in [5, 5.41) is 20.8. The summed E-state index contributed by atoms with van der Waals surface area (Å²) >= 11 is 0. The Balaban J connectivity index is 0.000000150. The van der Waals surface area contributed by atoms with E-state index in [1.165, 1.54) is 82.8 Å². The summed E-state index contributed by atoms with van der Waals surface area (Å²) in [6, 6.07) is 75.0. The SMILES string of the molecule is CCC(C)(C)C(=O)OC1C2CC3C(=O)OC1C3C2.CCC(C)(C)C(=O)OCC(=O)OC1C2CC3C(=O)OC1C3C2.CCC(C)c1ccc(C(=O)OC2(CC)CCCC2)cc1.CCC(C)c1ccc(C(=O)Oc2c(F)c(F)c(S(=O)(=O)[O-])c(F)c2F)cc1.CCC(C)c1ccc(O)cc1.CS(=O)(=O)c1ccc([S+](c2ccccc2)c2ccccc2)cc1.OCCc1ccc(-[s+]2c3ccccc3c3ccccc32)cc1. The standard InChI is InChI=1S/C20H17OS.C19H17O2S2.C18H26O2.C17H14F4O5S.C16H22O6.C14H20O4.C10H14O/c21-14-13-15-9-11-16(12-10-15)22-19-7-3-1-5-17(19)18-6-2-4-8-20(18)22;1-23(20,21)19-14-12-18(13-15-19)22(16-8-4-2-5-9-16)17-10-6-3-7-11-17;1-4-14(3)15-8-10-16(11-9-15)17(19)20-18(5-2)12-6-7-13-18;1-3-8(2)9-4-6-10(7-5-9)17(22)26-15-11(18)13(20)16(27(23,24)25)14(21)12(15)19;1-4-16(2,3)15(19)20-7-11(17)21-12-8-5-9-10(6-8)14(18)22-13(9)12;1-4-14(2,3)13(16)18-10-7-5-8-9(6-7)12(15)17-11(8)10;1-3-8(2)9-4-6-10(11)7-5-9/h1-12,21H,13-14H2;2-15H,1H3;8-11,14H,4-7,12-13H2,1-3H3;4-8H,3H2,1-2H3,(H,23,24,25);8-10,12-13H,4-7H2,1-3H3;7-11H,4-6H2,1-3H3;4-8,11H,3H2,1-2H3/q2*+1;;;;;/p-1. The summed E-state index contributed by atoms with van der Waals surface area (Å²) in [4.78, 5) is 86.3. The van der Waals surface area contributed by atoms with Crippen molar-refractivity contribution < 1.29 is 116 Å². The maximum Gasteiger partial charge on any atom is 0.344 e. The summed E-state index contributed by atoms with van der Waals surface area (Å²) in [5.41, 5.74) is 3.90. The minimum Gasteiger partial charge on any atom is -0.744 e. The van der Waals surface area contributed by atoms with Crippen LogP contribution in [0.2, 0.25) is 0 Å². The second-order valence-electron chi connectivity index (χ2n) is 38.9. The number of fused-ring (bicyclic) bond motifs is 5. The van der Waals surface area contributed by atoms with Gasteiger partial charge in [0.25, 0.3) is 0 Å². The number of benzene rings is 10. The number of aliphatic hydroxyl groups is 1. The summed E-state index contributed by atoms with van der Waals surface area (Å²) in [6.07, 6.45) is 14.1. The summed E-state index contributed by atoms with van der Waals surface area (Å²) in [7, 11) is -9.27. The molecule has 13 atom stereocenters. The number of hydrogen-bond acceptors (Lipinski definition) is 21. The number of phenols is 1. The molecule has 2 N–H and O–H groups in total. The van der Waals surface area contributed by atoms with E-state index in [1.807, 2.05) is 114 Å². The van der Waals surface area contributed by atoms with Gasteiger partial charge in [-0.25, -0.2) is 40.0 Å². The zero-order valence-electron chi connectivity index (χ0n) is 83.3. The third kappa shape index (κ3) is 26.4. The van der Waals surface area contributed by atoms with Crippen molar-refractivity contribution in [3.8, 4) is 16.4 Å². The van der Waals surface area contributed by atoms with Crippen LogP contribution in [-0.4, -0.2) is 123 Å². The molecule has 13 unspecified atom stereocenters. The number of aliphatic hydroxyl groups excluding tert-OH is 1. The van der Waals surface area contributed by atoms with E-state index in [2.05, 4.69) is 149 Å². The van der Waals surface area contributed by atoms with Crippen molar-refractivity contribution in [1.29, 1.82) is 0 Å². The van der Waals surface area contributed by atoms with E-state index in [4.69, 9.17) is 38.6 Å². The Morgan fingerprint density at radius 2 is 0.930 bits per heavy atom. The zero-order valence-corrected chi connectivity index (χ0v) is 86.5. The van der Waals surface area contributed by atoms with E-state index in [-0.39, 0.29) is 124 Å². The first kappa shape index (κ1) is 110. The number of thiophene rings is 1. The Morgan fingerprint density at radius 1 is 0.517 bits per heavy atom. The first-order valence-corrected chi connectivity index (χ1v) is 54.8. The van der Waals surface area contributed by atoms with Gasteiger partial charge in [-0.3, -0.25) is 19.2 Å². The lowest BCUT2D eigenvalue weighted by Crippen LogP contribution is -2.39. The fourth-order valence-corrected chi connectivity index (χ4v) is 24.5. The highest BCUT2D eigenvalue weighted by Crippen LogP contribution is 2.58. The smallest absolute Gasteiger partial charge is 0.344 e. The molecule has 1 aromatic heterocycles. The quantitative estimate of drug-likeness (QED) is 0.00919. The average molecular weight is 2040 g/mol. The van der Waals surface area contributed by atoms with Crippen LogP contribution >= 0.6 is 10.5 Å². The van der Waals surface area contributed by atoms with Crippen LogP contribution in [-0.2, 0) is 89.7 Å². The Bertz CT molecular complexity index is 6370. The summed E-state index contributed by atoms with van der Waals surface area (Å²) in [6.45, 7) is 25.8. The van der Waals surface area contributed by atoms with Crippen LogP contribution in [0.4, 0.5) is 17.6 Å². The number of phenolic OH excluding ortho intramolecular Hbond substituents is 1. The molecule has 7 aliphatic rings. The molecule has 143 heavy (non-hydrogen) atoms. The Morgan fingerprint density at radius 3 is 1.35 bits per heavy atom. The van der Waals surface area contributed by atoms with Crippen molar-refractivity contribution in [3.05, 3.63) is 287 Å². The third-order valence-corrected chi connectivity index (χ3v) is 35.4. The fourth-order valence-electron chi connectivity index (χ4n) is 18.8. The molecule has 4 bridgehead atoms. The first-order chi connectivity index (χ1) is 68.0. The van der Waals surface area contributed by atoms with Crippen LogP contribution in [0.3, 0.4) is 0 Å². The number of carbonyl (C=O) groups excluding carboxylic acids is 7. The Kier molecular flexibility index (Phi) is 37.3. The van der Waals surface area contributed by atoms with Gasteiger partial charge in [0.1, 0.15) is 50.8 Å². The molecule has 11 aromatic rings. The topological polar surface area (TPSA) is 316 Å². The monoisotopic (exact) mass is 2040 g/mol. The van der Waals surface area contributed by atoms with Crippen LogP contribution in [0.25, 0.3) is 25.1 Å². The number of rotatable bonds is 27. The Hall–Kier alpha value is -11.6. The van der Waals surface area contributed by atoms with Crippen LogP contribution in [0, 0.1) is 69.6 Å². The lowest BCUT2D eigenvalue weighted by molar-refractivity contribution is -0.172. The van der Waals surface area contributed by atoms with E-state index in [0.29, 0.717) is 46.3 Å². The van der Waals surface area contributed by atoms with Gasteiger partial charge in [-0.1, -0.05) is 172 Å². The molecule has 21 nitrogen and oxygen atoms in total. The minimum atomic E-state index is -5.84. The Labute approximate surface area is 841 Å². The lowest BCUT2D eigenvalue weighted by atomic mass is 9.87. The molecule has 3 heterocycles. The molecule has 0 radical (unpaired) electrons. The van der Waals surface area contributed by atoms with Gasteiger partial charge in [0, 0.05) is 57.8 Å². The van der Waals surface area contributed by atoms with Gasteiger partial charge in [-0.15, -0.1) is 0 Å². The maximum absolute atomic E-state index is 13.9. The highest BCUT2D eigenvalue weighted by Gasteiger charge is 2.65. The largest absolute Gasteiger partial charge is 0.744 e. The first-order valence-electron chi connectivity index (χ1n) is 49.1. The molecule has 762 valence electrons. The molecule has 2 saturated heterocycles. The van der Waals surface area contributed by atoms with Crippen molar-refractivity contribution in [2.24, 2.45) is 46.3 Å². The van der Waals surface area contributed by atoms with Crippen molar-refractivity contribution in [1.82, 2.24) is 0 Å².